The Hall–Kier alpha value is -1.09. The van der Waals surface area contributed by atoms with E-state index in [0.717, 1.165) is 17.0 Å². The molecule has 0 spiro atoms. The number of nitrogens with one attached hydrogen (secondary N) is 1. The van der Waals surface area contributed by atoms with Gasteiger partial charge >= 0.3 is 0 Å². The number of ether oxygens (including phenoxy) is 1. The Morgan fingerprint density at radius 2 is 1.65 bits per heavy atom. The first-order chi connectivity index (χ1) is 9.52. The van der Waals surface area contributed by atoms with Crippen LogP contribution < -0.4 is 10.1 Å². The van der Waals surface area contributed by atoms with E-state index in [9.17, 15) is 0 Å². The Labute approximate surface area is 133 Å². The van der Waals surface area contributed by atoms with Gasteiger partial charge in [0.2, 0.25) is 0 Å². The van der Waals surface area contributed by atoms with Gasteiger partial charge in [0.05, 0.1) is 33.9 Å². The number of hydrogen-bond donors (Lipinski definition) is 1. The van der Waals surface area contributed by atoms with Crippen LogP contribution in [0.25, 0.3) is 0 Å². The van der Waals surface area contributed by atoms with Crippen molar-refractivity contribution in [1.82, 2.24) is 0 Å². The van der Waals surface area contributed by atoms with Crippen molar-refractivity contribution in [3.63, 3.8) is 0 Å². The second kappa shape index (κ2) is 6.57. The van der Waals surface area contributed by atoms with Crippen molar-refractivity contribution in [2.24, 2.45) is 0 Å². The van der Waals surface area contributed by atoms with Crippen molar-refractivity contribution in [1.29, 1.82) is 0 Å². The molecule has 0 aliphatic rings. The lowest BCUT2D eigenvalue weighted by molar-refractivity contribution is 0.408. The number of hydrogen-bond acceptors (Lipinski definition) is 2. The van der Waals surface area contributed by atoms with Crippen LogP contribution in [-0.2, 0) is 0 Å². The minimum Gasteiger partial charge on any atom is -0.496 e. The van der Waals surface area contributed by atoms with Crippen molar-refractivity contribution < 1.29 is 4.74 Å². The molecule has 1 N–H and O–H groups in total. The minimum atomic E-state index is 0.0147. The highest BCUT2D eigenvalue weighted by Gasteiger charge is 2.13. The van der Waals surface area contributed by atoms with Gasteiger partial charge in [-0.2, -0.15) is 0 Å². The first-order valence-corrected chi connectivity index (χ1v) is 7.20. The third kappa shape index (κ3) is 3.32. The fourth-order valence-electron chi connectivity index (χ4n) is 1.97. The van der Waals surface area contributed by atoms with Crippen molar-refractivity contribution in [3.05, 3.63) is 57.0 Å². The summed E-state index contributed by atoms with van der Waals surface area (Å²) in [7, 11) is 1.65. The molecule has 20 heavy (non-hydrogen) atoms. The summed E-state index contributed by atoms with van der Waals surface area (Å²) in [5, 5.41) is 4.74. The van der Waals surface area contributed by atoms with E-state index in [2.05, 4.69) is 5.32 Å². The molecule has 0 aliphatic carbocycles. The molecule has 0 heterocycles. The number of methoxy groups -OCH3 is 1. The zero-order valence-corrected chi connectivity index (χ0v) is 13.4. The van der Waals surface area contributed by atoms with Crippen molar-refractivity contribution in [2.45, 2.75) is 13.0 Å². The fraction of sp³-hybridized carbons (Fsp3) is 0.200. The minimum absolute atomic E-state index is 0.0147. The molecule has 0 aromatic heterocycles. The summed E-state index contributed by atoms with van der Waals surface area (Å²) in [6.07, 6.45) is 0. The Kier molecular flexibility index (Phi) is 5.03. The van der Waals surface area contributed by atoms with Crippen LogP contribution in [0.3, 0.4) is 0 Å². The summed E-state index contributed by atoms with van der Waals surface area (Å²) in [4.78, 5) is 0. The summed E-state index contributed by atoms with van der Waals surface area (Å²) >= 11 is 18.1. The van der Waals surface area contributed by atoms with E-state index >= 15 is 0 Å². The van der Waals surface area contributed by atoms with Crippen molar-refractivity contribution in [2.75, 3.05) is 12.4 Å². The summed E-state index contributed by atoms with van der Waals surface area (Å²) < 4.78 is 5.36. The van der Waals surface area contributed by atoms with E-state index in [0.29, 0.717) is 15.1 Å². The quantitative estimate of drug-likeness (QED) is 0.712. The van der Waals surface area contributed by atoms with Crippen LogP contribution in [-0.4, -0.2) is 7.11 Å². The smallest absolute Gasteiger partial charge is 0.124 e. The van der Waals surface area contributed by atoms with Gasteiger partial charge in [0.15, 0.2) is 0 Å². The predicted molar refractivity (Wildman–Crippen MR) is 86.5 cm³/mol. The zero-order valence-electron chi connectivity index (χ0n) is 11.1. The molecule has 5 heteroatoms. The second-order valence-corrected chi connectivity index (χ2v) is 5.58. The average molecular weight is 331 g/mol. The molecule has 2 rings (SSSR count). The van der Waals surface area contributed by atoms with Crippen LogP contribution in [0.1, 0.15) is 18.5 Å². The molecule has 2 nitrogen and oxygen atoms in total. The van der Waals surface area contributed by atoms with Gasteiger partial charge in [-0.1, -0.05) is 53.0 Å². The molecular formula is C15H14Cl3NO. The van der Waals surface area contributed by atoms with Gasteiger partial charge in [0.1, 0.15) is 5.75 Å². The first-order valence-electron chi connectivity index (χ1n) is 6.07. The largest absolute Gasteiger partial charge is 0.496 e. The fourth-order valence-corrected chi connectivity index (χ4v) is 2.57. The molecule has 106 valence electrons. The molecule has 2 aromatic carbocycles. The topological polar surface area (TPSA) is 21.3 Å². The normalized spacial score (nSPS) is 12.1. The van der Waals surface area contributed by atoms with Crippen LogP contribution >= 0.6 is 34.8 Å². The van der Waals surface area contributed by atoms with Crippen LogP contribution in [0, 0.1) is 0 Å². The van der Waals surface area contributed by atoms with Gasteiger partial charge in [-0.15, -0.1) is 0 Å². The molecule has 0 fully saturated rings. The van der Waals surface area contributed by atoms with Crippen LogP contribution in [0.4, 0.5) is 5.69 Å². The third-order valence-corrected chi connectivity index (χ3v) is 4.02. The maximum atomic E-state index is 6.17. The summed E-state index contributed by atoms with van der Waals surface area (Å²) in [5.74, 6) is 0.823. The molecule has 1 unspecified atom stereocenters. The SMILES string of the molecule is COc1ccccc1C(C)Nc1cc(Cl)c(Cl)cc1Cl. The molecular weight excluding hydrogens is 317 g/mol. The summed E-state index contributed by atoms with van der Waals surface area (Å²) in [5.41, 5.74) is 1.77. The number of anilines is 1. The number of rotatable bonds is 4. The highest BCUT2D eigenvalue weighted by atomic mass is 35.5. The Bertz CT molecular complexity index is 616. The summed E-state index contributed by atoms with van der Waals surface area (Å²) in [6, 6.07) is 11.2. The molecule has 1 atom stereocenters. The predicted octanol–water partition coefficient (Wildman–Crippen LogP) is 5.83. The van der Waals surface area contributed by atoms with E-state index in [1.54, 1.807) is 19.2 Å². The number of halogens is 3. The van der Waals surface area contributed by atoms with Gasteiger partial charge in [0.25, 0.3) is 0 Å². The van der Waals surface area contributed by atoms with E-state index < -0.39 is 0 Å². The first kappa shape index (κ1) is 15.3. The van der Waals surface area contributed by atoms with Crippen LogP contribution in [0.15, 0.2) is 36.4 Å². The molecule has 2 aromatic rings. The lowest BCUT2D eigenvalue weighted by Gasteiger charge is -2.19. The molecule has 0 radical (unpaired) electrons. The highest BCUT2D eigenvalue weighted by Crippen LogP contribution is 2.35. The third-order valence-electron chi connectivity index (χ3n) is 2.99. The van der Waals surface area contributed by atoms with Gasteiger partial charge in [0, 0.05) is 5.56 Å². The van der Waals surface area contributed by atoms with Gasteiger partial charge in [-0.05, 0) is 25.1 Å². The lowest BCUT2D eigenvalue weighted by atomic mass is 10.1. The molecule has 0 amide bonds. The zero-order chi connectivity index (χ0) is 14.7. The Morgan fingerprint density at radius 3 is 2.35 bits per heavy atom. The van der Waals surface area contributed by atoms with E-state index in [4.69, 9.17) is 39.5 Å². The monoisotopic (exact) mass is 329 g/mol. The van der Waals surface area contributed by atoms with E-state index in [1.807, 2.05) is 31.2 Å². The molecule has 0 saturated carbocycles. The van der Waals surface area contributed by atoms with Crippen LogP contribution in [0.2, 0.25) is 15.1 Å². The maximum absolute atomic E-state index is 6.17. The van der Waals surface area contributed by atoms with Crippen molar-refractivity contribution in [3.8, 4) is 5.75 Å². The summed E-state index contributed by atoms with van der Waals surface area (Å²) in [6.45, 7) is 2.02. The number of benzene rings is 2. The lowest BCUT2D eigenvalue weighted by Crippen LogP contribution is -2.08. The van der Waals surface area contributed by atoms with Crippen LogP contribution in [0.5, 0.6) is 5.75 Å². The molecule has 0 bridgehead atoms. The Morgan fingerprint density at radius 1 is 1.00 bits per heavy atom. The highest BCUT2D eigenvalue weighted by molar-refractivity contribution is 6.44. The Balaban J connectivity index is 2.28. The van der Waals surface area contributed by atoms with Gasteiger partial charge in [-0.3, -0.25) is 0 Å². The average Bonchev–Trinajstić information content (AvgIpc) is 2.44. The second-order valence-electron chi connectivity index (χ2n) is 4.35. The molecule has 0 aliphatic heterocycles. The van der Waals surface area contributed by atoms with Crippen molar-refractivity contribution >= 4 is 40.5 Å². The van der Waals surface area contributed by atoms with E-state index in [1.165, 1.54) is 0 Å². The van der Waals surface area contributed by atoms with Gasteiger partial charge in [-0.25, -0.2) is 0 Å². The van der Waals surface area contributed by atoms with Gasteiger partial charge < -0.3 is 10.1 Å². The van der Waals surface area contributed by atoms with E-state index in [-0.39, 0.29) is 6.04 Å². The maximum Gasteiger partial charge on any atom is 0.124 e. The standard InChI is InChI=1S/C15H14Cl3NO/c1-9(10-5-3-4-6-15(10)20-2)19-14-8-12(17)11(16)7-13(14)18/h3-9,19H,1-2H3. The molecule has 0 saturated heterocycles. The number of para-hydroxylation sites is 1.